The number of amides is 2. The molecule has 4 N–H and O–H groups in total. The van der Waals surface area contributed by atoms with Crippen molar-refractivity contribution in [3.63, 3.8) is 0 Å². The molecular formula is C10H16N2O5. The lowest BCUT2D eigenvalue weighted by atomic mass is 10.0. The molecule has 0 aromatic carbocycles. The summed E-state index contributed by atoms with van der Waals surface area (Å²) in [6, 6.07) is 0. The van der Waals surface area contributed by atoms with E-state index in [0.717, 1.165) is 0 Å². The molecular weight excluding hydrogens is 228 g/mol. The summed E-state index contributed by atoms with van der Waals surface area (Å²) in [6.45, 7) is 0.214. The Morgan fingerprint density at radius 1 is 1.29 bits per heavy atom. The normalized spacial score (nSPS) is 23.1. The topological polar surface area (TPSA) is 119 Å². The predicted molar refractivity (Wildman–Crippen MR) is 57.0 cm³/mol. The number of carbonyl (C=O) groups excluding carboxylic acids is 2. The second kappa shape index (κ2) is 6.07. The third-order valence-electron chi connectivity index (χ3n) is 2.80. The maximum atomic E-state index is 11.6. The van der Waals surface area contributed by atoms with Gasteiger partial charge >= 0.3 is 12.1 Å². The van der Waals surface area contributed by atoms with Crippen molar-refractivity contribution in [2.24, 2.45) is 17.6 Å². The molecule has 1 aliphatic rings. The van der Waals surface area contributed by atoms with E-state index in [4.69, 9.17) is 10.8 Å². The lowest BCUT2D eigenvalue weighted by Gasteiger charge is -2.10. The van der Waals surface area contributed by atoms with Gasteiger partial charge in [0.2, 0.25) is 5.91 Å². The number of hydrogen-bond acceptors (Lipinski definition) is 4. The minimum atomic E-state index is -0.883. The number of ether oxygens (including phenoxy) is 1. The molecule has 1 saturated carbocycles. The zero-order valence-electron chi connectivity index (χ0n) is 9.35. The lowest BCUT2D eigenvalue weighted by Crippen LogP contribution is -2.33. The summed E-state index contributed by atoms with van der Waals surface area (Å²) in [5, 5.41) is 11.4. The molecule has 1 aliphatic carbocycles. The van der Waals surface area contributed by atoms with E-state index < -0.39 is 18.0 Å². The van der Waals surface area contributed by atoms with Crippen molar-refractivity contribution < 1.29 is 24.2 Å². The smallest absolute Gasteiger partial charge is 0.404 e. The monoisotopic (exact) mass is 244 g/mol. The molecule has 0 aromatic heterocycles. The second-order valence-corrected chi connectivity index (χ2v) is 4.00. The highest BCUT2D eigenvalue weighted by molar-refractivity contribution is 5.80. The van der Waals surface area contributed by atoms with Gasteiger partial charge in [0.25, 0.3) is 0 Å². The van der Waals surface area contributed by atoms with Crippen LogP contribution in [0.5, 0.6) is 0 Å². The van der Waals surface area contributed by atoms with Gasteiger partial charge in [-0.25, -0.2) is 4.79 Å². The Morgan fingerprint density at radius 2 is 1.94 bits per heavy atom. The number of carboxylic acids is 1. The molecule has 0 aromatic rings. The molecule has 0 saturated heterocycles. The summed E-state index contributed by atoms with van der Waals surface area (Å²) >= 11 is 0. The van der Waals surface area contributed by atoms with Crippen molar-refractivity contribution in [3.05, 3.63) is 0 Å². The Morgan fingerprint density at radius 3 is 2.47 bits per heavy atom. The minimum absolute atomic E-state index is 0.0240. The first-order chi connectivity index (χ1) is 8.00. The zero-order valence-corrected chi connectivity index (χ0v) is 9.35. The van der Waals surface area contributed by atoms with Crippen LogP contribution in [0.3, 0.4) is 0 Å². The van der Waals surface area contributed by atoms with Crippen molar-refractivity contribution in [3.8, 4) is 0 Å². The highest BCUT2D eigenvalue weighted by atomic mass is 16.5. The molecule has 0 spiro atoms. The Kier molecular flexibility index (Phi) is 4.74. The van der Waals surface area contributed by atoms with Crippen LogP contribution in [0, 0.1) is 11.8 Å². The van der Waals surface area contributed by atoms with Crippen molar-refractivity contribution in [2.75, 3.05) is 13.2 Å². The van der Waals surface area contributed by atoms with Crippen LogP contribution in [0.1, 0.15) is 19.3 Å². The molecule has 7 nitrogen and oxygen atoms in total. The van der Waals surface area contributed by atoms with Gasteiger partial charge in [0.15, 0.2) is 0 Å². The summed E-state index contributed by atoms with van der Waals surface area (Å²) in [5.74, 6) is -1.73. The third-order valence-corrected chi connectivity index (χ3v) is 2.80. The fraction of sp³-hybridized carbons (Fsp3) is 0.700. The Balaban J connectivity index is 2.21. The van der Waals surface area contributed by atoms with Gasteiger partial charge in [-0.2, -0.15) is 0 Å². The van der Waals surface area contributed by atoms with Crippen LogP contribution in [0.15, 0.2) is 0 Å². The first-order valence-electron chi connectivity index (χ1n) is 5.43. The number of aliphatic carboxylic acids is 1. The van der Waals surface area contributed by atoms with Crippen LogP contribution in [0.4, 0.5) is 4.79 Å². The zero-order chi connectivity index (χ0) is 12.8. The quantitative estimate of drug-likeness (QED) is 0.573. The number of nitrogens with one attached hydrogen (secondary N) is 1. The molecule has 7 heteroatoms. The molecule has 96 valence electrons. The van der Waals surface area contributed by atoms with E-state index in [0.29, 0.717) is 19.3 Å². The highest BCUT2D eigenvalue weighted by Gasteiger charge is 2.33. The maximum absolute atomic E-state index is 11.6. The van der Waals surface area contributed by atoms with Gasteiger partial charge in [-0.1, -0.05) is 0 Å². The van der Waals surface area contributed by atoms with E-state index in [9.17, 15) is 14.4 Å². The molecule has 17 heavy (non-hydrogen) atoms. The SMILES string of the molecule is NC(=O)OCCNC(=O)[C@@H]1CC[C@H](C(=O)O)C1. The minimum Gasteiger partial charge on any atom is -0.481 e. The van der Waals surface area contributed by atoms with Gasteiger partial charge in [-0.3, -0.25) is 9.59 Å². The first-order valence-corrected chi connectivity index (χ1v) is 5.43. The van der Waals surface area contributed by atoms with Crippen molar-refractivity contribution in [2.45, 2.75) is 19.3 Å². The number of primary amides is 1. The van der Waals surface area contributed by atoms with Gasteiger partial charge in [0.1, 0.15) is 6.61 Å². The average Bonchev–Trinajstić information content (AvgIpc) is 2.73. The fourth-order valence-electron chi connectivity index (χ4n) is 1.91. The van der Waals surface area contributed by atoms with Gasteiger partial charge in [-0.15, -0.1) is 0 Å². The van der Waals surface area contributed by atoms with Crippen molar-refractivity contribution in [1.82, 2.24) is 5.32 Å². The predicted octanol–water partition coefficient (Wildman–Crippen LogP) is -0.301. The van der Waals surface area contributed by atoms with E-state index in [1.54, 1.807) is 0 Å². The molecule has 0 bridgehead atoms. The largest absolute Gasteiger partial charge is 0.481 e. The lowest BCUT2D eigenvalue weighted by molar-refractivity contribution is -0.141. The van der Waals surface area contributed by atoms with Gasteiger partial charge in [0.05, 0.1) is 12.5 Å². The number of carbonyl (C=O) groups is 3. The average molecular weight is 244 g/mol. The summed E-state index contributed by atoms with van der Waals surface area (Å²) in [7, 11) is 0. The van der Waals surface area contributed by atoms with Crippen LogP contribution >= 0.6 is 0 Å². The van der Waals surface area contributed by atoms with Crippen LogP contribution < -0.4 is 11.1 Å². The summed E-state index contributed by atoms with van der Waals surface area (Å²) in [5.41, 5.74) is 4.74. The first kappa shape index (κ1) is 13.3. The van der Waals surface area contributed by atoms with Crippen LogP contribution in [0.2, 0.25) is 0 Å². The summed E-state index contributed by atoms with van der Waals surface area (Å²) in [4.78, 5) is 32.5. The number of carboxylic acid groups (broad SMARTS) is 1. The van der Waals surface area contributed by atoms with E-state index in [2.05, 4.69) is 10.1 Å². The molecule has 0 heterocycles. The van der Waals surface area contributed by atoms with Gasteiger partial charge in [-0.05, 0) is 19.3 Å². The Hall–Kier alpha value is -1.79. The summed E-state index contributed by atoms with van der Waals surface area (Å²) in [6.07, 6.45) is 0.605. The Labute approximate surface area is 98.3 Å². The van der Waals surface area contributed by atoms with Gasteiger partial charge in [0, 0.05) is 5.92 Å². The van der Waals surface area contributed by atoms with Crippen LogP contribution in [-0.2, 0) is 14.3 Å². The molecule has 2 amide bonds. The molecule has 0 radical (unpaired) electrons. The van der Waals surface area contributed by atoms with Gasteiger partial charge < -0.3 is 20.9 Å². The molecule has 0 unspecified atom stereocenters. The molecule has 1 rings (SSSR count). The number of rotatable bonds is 5. The van der Waals surface area contributed by atoms with Crippen molar-refractivity contribution >= 4 is 18.0 Å². The maximum Gasteiger partial charge on any atom is 0.404 e. The highest BCUT2D eigenvalue weighted by Crippen LogP contribution is 2.30. The van der Waals surface area contributed by atoms with Crippen LogP contribution in [-0.4, -0.2) is 36.2 Å². The van der Waals surface area contributed by atoms with Crippen LogP contribution in [0.25, 0.3) is 0 Å². The summed E-state index contributed by atoms with van der Waals surface area (Å²) < 4.78 is 4.44. The molecule has 2 atom stereocenters. The van der Waals surface area contributed by atoms with E-state index in [1.807, 2.05) is 0 Å². The molecule has 0 aliphatic heterocycles. The van der Waals surface area contributed by atoms with E-state index in [-0.39, 0.29) is 25.0 Å². The van der Waals surface area contributed by atoms with E-state index in [1.165, 1.54) is 0 Å². The third kappa shape index (κ3) is 4.29. The standard InChI is InChI=1S/C10H16N2O5/c11-10(16)17-4-3-12-8(13)6-1-2-7(5-6)9(14)15/h6-7H,1-5H2,(H2,11,16)(H,12,13)(H,14,15)/t6-,7+/m1/s1. The number of hydrogen-bond donors (Lipinski definition) is 3. The second-order valence-electron chi connectivity index (χ2n) is 4.00. The Bertz CT molecular complexity index is 318. The van der Waals surface area contributed by atoms with Crippen molar-refractivity contribution in [1.29, 1.82) is 0 Å². The molecule has 1 fully saturated rings. The fourth-order valence-corrected chi connectivity index (χ4v) is 1.91. The number of nitrogens with two attached hydrogens (primary N) is 1. The van der Waals surface area contributed by atoms with E-state index >= 15 is 0 Å².